The first-order valence-electron chi connectivity index (χ1n) is 16.4. The van der Waals surface area contributed by atoms with Crippen LogP contribution in [0.1, 0.15) is 33.4 Å². The van der Waals surface area contributed by atoms with Crippen LogP contribution < -0.4 is 16.4 Å². The Kier molecular flexibility index (Phi) is 17.8. The lowest BCUT2D eigenvalue weighted by Gasteiger charge is -2.30. The van der Waals surface area contributed by atoms with Crippen molar-refractivity contribution in [3.8, 4) is 0 Å². The molecule has 29 heteroatoms. The molecule has 4 heterocycles. The quantitative estimate of drug-likeness (QED) is 0.0554. The predicted octanol–water partition coefficient (Wildman–Crippen LogP) is -0.234. The summed E-state index contributed by atoms with van der Waals surface area (Å²) in [6, 6.07) is 5.72. The number of aliphatic hydroxyl groups is 2. The number of amides is 2. The fourth-order valence-electron chi connectivity index (χ4n) is 4.64. The molecular weight excluding hydrogens is 845 g/mol. The third kappa shape index (κ3) is 15.8. The number of imidazole rings is 1. The van der Waals surface area contributed by atoms with Crippen molar-refractivity contribution in [2.75, 3.05) is 37.8 Å². The second-order valence-electron chi connectivity index (χ2n) is 12.4. The van der Waals surface area contributed by atoms with Crippen LogP contribution in [0.5, 0.6) is 0 Å². The molecule has 0 radical (unpaired) electrons. The molecular formula is C28H43N8O17P3S. The molecule has 57 heavy (non-hydrogen) atoms. The molecule has 7 atom stereocenters. The molecule has 1 aliphatic rings. The zero-order valence-electron chi connectivity index (χ0n) is 30.4. The lowest BCUT2D eigenvalue weighted by atomic mass is 9.87. The van der Waals surface area contributed by atoms with Crippen molar-refractivity contribution in [3.63, 3.8) is 0 Å². The molecule has 3 aromatic heterocycles. The number of nitrogens with one attached hydrogen (secondary N) is 2. The van der Waals surface area contributed by atoms with Crippen LogP contribution in [0, 0.1) is 5.41 Å². The van der Waals surface area contributed by atoms with Gasteiger partial charge in [-0.1, -0.05) is 31.7 Å². The first-order chi connectivity index (χ1) is 26.5. The van der Waals surface area contributed by atoms with E-state index in [0.29, 0.717) is 5.75 Å². The van der Waals surface area contributed by atoms with Gasteiger partial charge in [-0.3, -0.25) is 37.5 Å². The average molecular weight is 889 g/mol. The van der Waals surface area contributed by atoms with Crippen molar-refractivity contribution in [2.24, 2.45) is 5.41 Å². The number of rotatable bonds is 19. The van der Waals surface area contributed by atoms with Crippen molar-refractivity contribution in [1.82, 2.24) is 35.1 Å². The number of ether oxygens (including phenoxy) is 1. The van der Waals surface area contributed by atoms with E-state index in [-0.39, 0.29) is 41.6 Å². The number of thioether (sulfide) groups is 1. The summed E-state index contributed by atoms with van der Waals surface area (Å²) < 4.78 is 61.8. The van der Waals surface area contributed by atoms with Crippen molar-refractivity contribution in [1.29, 1.82) is 0 Å². The zero-order chi connectivity index (χ0) is 42.6. The molecule has 2 amide bonds. The third-order valence-electron chi connectivity index (χ3n) is 7.37. The van der Waals surface area contributed by atoms with E-state index in [1.165, 1.54) is 20.8 Å². The summed E-state index contributed by atoms with van der Waals surface area (Å²) in [6.07, 6.45) is -3.38. The lowest BCUT2D eigenvalue weighted by Crippen LogP contribution is -2.46. The van der Waals surface area contributed by atoms with Gasteiger partial charge in [-0.15, -0.1) is 0 Å². The summed E-state index contributed by atoms with van der Waals surface area (Å²) in [5.74, 6) is -1.08. The van der Waals surface area contributed by atoms with Gasteiger partial charge in [0.2, 0.25) is 11.8 Å². The Hall–Kier alpha value is -3.29. The molecule has 0 saturated carbocycles. The number of nitrogens with zero attached hydrogens (tertiary/aromatic N) is 5. The molecule has 25 nitrogen and oxygen atoms in total. The Morgan fingerprint density at radius 1 is 1.02 bits per heavy atom. The van der Waals surface area contributed by atoms with Crippen LogP contribution >= 0.6 is 35.2 Å². The summed E-state index contributed by atoms with van der Waals surface area (Å²) in [7, 11) is -16.4. The average Bonchev–Trinajstić information content (AvgIpc) is 3.69. The third-order valence-corrected chi connectivity index (χ3v) is 11.3. The van der Waals surface area contributed by atoms with E-state index in [4.69, 9.17) is 19.5 Å². The minimum absolute atomic E-state index is 0.0310. The van der Waals surface area contributed by atoms with E-state index >= 15 is 0 Å². The molecule has 1 aliphatic heterocycles. The number of hydrogen-bond acceptors (Lipinski definition) is 19. The van der Waals surface area contributed by atoms with Gasteiger partial charge in [-0.25, -0.2) is 28.6 Å². The summed E-state index contributed by atoms with van der Waals surface area (Å²) in [5, 5.41) is 26.1. The number of fused-ring (bicyclic) bond motifs is 1. The highest BCUT2D eigenvalue weighted by atomic mass is 32.2. The van der Waals surface area contributed by atoms with Gasteiger partial charge < -0.3 is 50.9 Å². The second kappa shape index (κ2) is 21.1. The molecule has 0 aliphatic carbocycles. The fraction of sp³-hybridized carbons (Fsp3) is 0.536. The number of phosphoric ester groups is 3. The van der Waals surface area contributed by atoms with E-state index in [9.17, 15) is 57.9 Å². The Bertz CT molecular complexity index is 1930. The van der Waals surface area contributed by atoms with E-state index < -0.39 is 84.6 Å². The van der Waals surface area contributed by atoms with Crippen LogP contribution in [-0.4, -0.2) is 128 Å². The molecule has 10 N–H and O–H groups in total. The monoisotopic (exact) mass is 888 g/mol. The number of nitrogen functional groups attached to an aromatic ring is 1. The molecule has 0 bridgehead atoms. The first-order valence-corrected chi connectivity index (χ1v) is 21.9. The highest BCUT2D eigenvalue weighted by Crippen LogP contribution is 2.61. The molecule has 1 fully saturated rings. The van der Waals surface area contributed by atoms with Gasteiger partial charge >= 0.3 is 23.5 Å². The Morgan fingerprint density at radius 2 is 1.68 bits per heavy atom. The van der Waals surface area contributed by atoms with Gasteiger partial charge in [-0.2, -0.15) is 4.31 Å². The number of anilines is 1. The number of nitrogens with two attached hydrogens (primary N) is 1. The maximum atomic E-state index is 12.6. The van der Waals surface area contributed by atoms with Crippen molar-refractivity contribution >= 4 is 69.1 Å². The molecule has 4 rings (SSSR count). The first kappa shape index (κ1) is 48.1. The van der Waals surface area contributed by atoms with Crippen LogP contribution in [0.2, 0.25) is 0 Å². The normalized spacial score (nSPS) is 21.1. The highest BCUT2D eigenvalue weighted by molar-refractivity contribution is 8.13. The maximum Gasteiger partial charge on any atom is 0.481 e. The van der Waals surface area contributed by atoms with E-state index in [0.717, 1.165) is 29.0 Å². The minimum atomic E-state index is -5.56. The standard InChI is InChI=1S/C23H38N7O17P3S.C5H5N/c1-12(31)51-7-6-25-14(32)4-5-26-21(35)18(34)23(2,3)9-44-50(41,42)47-49(39,40)43-8-13-17(46-48(36,37)38)16(33)22(45-13)30-11-29-15-19(24)27-10-28-20(15)30;1-2-4-6-5-3-1/h10-11,13,16-18,22,33-34H,4-9H2,1-3H3,(H,25,32)(H,26,35)(H,39,40)(H,41,42)(H2,24,27,28)(H2,36,37,38);1-5H/t13-,16-,17-,18+,22-;/m1./s1. The van der Waals surface area contributed by atoms with Crippen molar-refractivity contribution in [2.45, 2.75) is 57.8 Å². The van der Waals surface area contributed by atoms with Crippen LogP contribution in [-0.2, 0) is 50.7 Å². The summed E-state index contributed by atoms with van der Waals surface area (Å²) in [4.78, 5) is 89.7. The molecule has 318 valence electrons. The summed E-state index contributed by atoms with van der Waals surface area (Å²) in [6.45, 7) is 1.90. The van der Waals surface area contributed by atoms with E-state index in [2.05, 4.69) is 39.4 Å². The van der Waals surface area contributed by atoms with Gasteiger partial charge in [0.15, 0.2) is 22.8 Å². The largest absolute Gasteiger partial charge is 0.481 e. The number of hydrogen-bond donors (Lipinski definition) is 9. The maximum absolute atomic E-state index is 12.6. The molecule has 0 aromatic carbocycles. The fourth-order valence-corrected chi connectivity index (χ4v) is 7.96. The van der Waals surface area contributed by atoms with Gasteiger partial charge in [0, 0.05) is 50.0 Å². The minimum Gasteiger partial charge on any atom is -0.386 e. The van der Waals surface area contributed by atoms with Crippen LogP contribution in [0.25, 0.3) is 11.2 Å². The Morgan fingerprint density at radius 3 is 2.28 bits per heavy atom. The highest BCUT2D eigenvalue weighted by Gasteiger charge is 2.50. The van der Waals surface area contributed by atoms with Crippen LogP contribution in [0.15, 0.2) is 43.2 Å². The number of carbonyl (C=O) groups is 3. The van der Waals surface area contributed by atoms with Crippen LogP contribution in [0.4, 0.5) is 5.82 Å². The Balaban J connectivity index is 0.00000132. The smallest absolute Gasteiger partial charge is 0.386 e. The summed E-state index contributed by atoms with van der Waals surface area (Å²) in [5.41, 5.74) is 4.26. The number of pyridine rings is 1. The van der Waals surface area contributed by atoms with E-state index in [1.54, 1.807) is 12.4 Å². The van der Waals surface area contributed by atoms with Gasteiger partial charge in [0.05, 0.1) is 19.5 Å². The van der Waals surface area contributed by atoms with Crippen molar-refractivity contribution in [3.05, 3.63) is 43.2 Å². The van der Waals surface area contributed by atoms with Crippen molar-refractivity contribution < 1.29 is 80.5 Å². The SMILES string of the molecule is CC(=O)SCCNC(=O)CCNC(=O)[C@H](O)C(C)(C)COP(=O)(O)OP(=O)(O)OC[C@H]1O[C@@H](n2cnc3c(N)ncnc32)[C@H](O)[C@@H]1OP(=O)(O)O.c1ccncc1. The molecule has 0 spiro atoms. The number of carbonyl (C=O) groups excluding carboxylic acids is 3. The topological polar surface area (TPSA) is 377 Å². The lowest BCUT2D eigenvalue weighted by molar-refractivity contribution is -0.137. The number of aliphatic hydroxyl groups excluding tert-OH is 2. The number of phosphoric acid groups is 3. The van der Waals surface area contributed by atoms with E-state index in [1.807, 2.05) is 18.2 Å². The van der Waals surface area contributed by atoms with Gasteiger partial charge in [0.1, 0.15) is 36.3 Å². The van der Waals surface area contributed by atoms with Gasteiger partial charge in [0.25, 0.3) is 0 Å². The zero-order valence-corrected chi connectivity index (χ0v) is 33.9. The second-order valence-corrected chi connectivity index (χ2v) is 17.9. The number of aromatic nitrogens is 5. The molecule has 2 unspecified atom stereocenters. The molecule has 1 saturated heterocycles. The molecule has 3 aromatic rings. The van der Waals surface area contributed by atoms with Crippen LogP contribution in [0.3, 0.4) is 0 Å². The predicted molar refractivity (Wildman–Crippen MR) is 197 cm³/mol. The summed E-state index contributed by atoms with van der Waals surface area (Å²) >= 11 is 1.03. The van der Waals surface area contributed by atoms with Gasteiger partial charge in [-0.05, 0) is 12.1 Å². The Labute approximate surface area is 328 Å².